The summed E-state index contributed by atoms with van der Waals surface area (Å²) in [5.74, 6) is 0.538. The first-order valence-corrected chi connectivity index (χ1v) is 8.22. The maximum Gasteiger partial charge on any atom is 0.353 e. The summed E-state index contributed by atoms with van der Waals surface area (Å²) in [6, 6.07) is 9.92. The molecular formula is C17H21N5O2. The van der Waals surface area contributed by atoms with Crippen LogP contribution in [-0.4, -0.2) is 20.9 Å². The number of nitro groups is 1. The molecule has 0 bridgehead atoms. The summed E-state index contributed by atoms with van der Waals surface area (Å²) in [6.07, 6.45) is 5.69. The Hall–Kier alpha value is -2.70. The highest BCUT2D eigenvalue weighted by molar-refractivity contribution is 5.69. The minimum Gasteiger partial charge on any atom is -0.361 e. The number of rotatable bonds is 6. The molecule has 0 spiro atoms. The molecule has 0 radical (unpaired) electrons. The summed E-state index contributed by atoms with van der Waals surface area (Å²) < 4.78 is 0. The number of nitrogens with one attached hydrogen (secondary N) is 2. The summed E-state index contributed by atoms with van der Waals surface area (Å²) in [4.78, 5) is 19.4. The Kier molecular flexibility index (Phi) is 4.88. The summed E-state index contributed by atoms with van der Waals surface area (Å²) >= 11 is 0. The molecular weight excluding hydrogens is 306 g/mol. The van der Waals surface area contributed by atoms with E-state index in [2.05, 4.69) is 20.6 Å². The van der Waals surface area contributed by atoms with Gasteiger partial charge in [0.1, 0.15) is 6.33 Å². The third-order valence-electron chi connectivity index (χ3n) is 4.35. The van der Waals surface area contributed by atoms with E-state index in [1.165, 1.54) is 6.33 Å². The zero-order chi connectivity index (χ0) is 16.9. The van der Waals surface area contributed by atoms with Crippen molar-refractivity contribution in [2.75, 3.05) is 10.6 Å². The van der Waals surface area contributed by atoms with Crippen molar-refractivity contribution in [1.29, 1.82) is 0 Å². The maximum absolute atomic E-state index is 11.6. The van der Waals surface area contributed by atoms with Crippen LogP contribution in [0.25, 0.3) is 0 Å². The summed E-state index contributed by atoms with van der Waals surface area (Å²) in [5, 5.41) is 17.9. The average molecular weight is 327 g/mol. The van der Waals surface area contributed by atoms with Gasteiger partial charge in [0.25, 0.3) is 0 Å². The van der Waals surface area contributed by atoms with Crippen LogP contribution in [0.3, 0.4) is 0 Å². The number of hydrogen-bond acceptors (Lipinski definition) is 6. The second kappa shape index (κ2) is 7.25. The van der Waals surface area contributed by atoms with Crippen LogP contribution in [0.15, 0.2) is 36.7 Å². The molecule has 0 saturated heterocycles. The maximum atomic E-state index is 11.6. The van der Waals surface area contributed by atoms with Gasteiger partial charge in [-0.2, -0.15) is 0 Å². The zero-order valence-corrected chi connectivity index (χ0v) is 13.6. The molecule has 1 unspecified atom stereocenters. The fourth-order valence-corrected chi connectivity index (χ4v) is 3.06. The van der Waals surface area contributed by atoms with Crippen LogP contribution in [0.4, 0.5) is 17.3 Å². The van der Waals surface area contributed by atoms with Gasteiger partial charge in [0, 0.05) is 6.04 Å². The molecule has 24 heavy (non-hydrogen) atoms. The average Bonchev–Trinajstić information content (AvgIpc) is 3.08. The molecule has 126 valence electrons. The standard InChI is InChI=1S/C17H21N5O2/c1-12(13-7-3-2-4-8-13)20-16-15(22(23)24)17(19-11-18-16)21-14-9-5-6-10-14/h2-4,7-8,11-12,14H,5-6,9-10H2,1H3,(H2,18,19,20,21). The number of nitrogens with zero attached hydrogens (tertiary/aromatic N) is 3. The first-order chi connectivity index (χ1) is 11.6. The highest BCUT2D eigenvalue weighted by Crippen LogP contribution is 2.33. The van der Waals surface area contributed by atoms with Gasteiger partial charge in [-0.05, 0) is 25.3 Å². The third-order valence-corrected chi connectivity index (χ3v) is 4.35. The first-order valence-electron chi connectivity index (χ1n) is 8.22. The molecule has 0 amide bonds. The molecule has 2 N–H and O–H groups in total. The largest absolute Gasteiger partial charge is 0.361 e. The van der Waals surface area contributed by atoms with Gasteiger partial charge in [0.15, 0.2) is 0 Å². The van der Waals surface area contributed by atoms with Crippen LogP contribution in [0.5, 0.6) is 0 Å². The Balaban J connectivity index is 1.85. The van der Waals surface area contributed by atoms with E-state index in [-0.39, 0.29) is 23.6 Å². The van der Waals surface area contributed by atoms with Crippen molar-refractivity contribution >= 4 is 17.3 Å². The molecule has 1 saturated carbocycles. The SMILES string of the molecule is CC(Nc1ncnc(NC2CCCC2)c1[N+](=O)[O-])c1ccccc1. The Morgan fingerprint density at radius 2 is 1.83 bits per heavy atom. The molecule has 1 aliphatic rings. The van der Waals surface area contributed by atoms with Crippen molar-refractivity contribution in [3.63, 3.8) is 0 Å². The Morgan fingerprint density at radius 1 is 1.17 bits per heavy atom. The van der Waals surface area contributed by atoms with Gasteiger partial charge in [-0.15, -0.1) is 0 Å². The molecule has 0 aliphatic heterocycles. The second-order valence-electron chi connectivity index (χ2n) is 6.08. The lowest BCUT2D eigenvalue weighted by molar-refractivity contribution is -0.383. The van der Waals surface area contributed by atoms with Crippen LogP contribution in [0.1, 0.15) is 44.2 Å². The van der Waals surface area contributed by atoms with Gasteiger partial charge < -0.3 is 10.6 Å². The van der Waals surface area contributed by atoms with Gasteiger partial charge >= 0.3 is 5.69 Å². The lowest BCUT2D eigenvalue weighted by Gasteiger charge is -2.17. The van der Waals surface area contributed by atoms with Crippen molar-refractivity contribution in [3.8, 4) is 0 Å². The van der Waals surface area contributed by atoms with Gasteiger partial charge in [0.2, 0.25) is 11.6 Å². The van der Waals surface area contributed by atoms with Crippen molar-refractivity contribution < 1.29 is 4.92 Å². The van der Waals surface area contributed by atoms with Crippen molar-refractivity contribution in [3.05, 3.63) is 52.3 Å². The Labute approximate surface area is 140 Å². The fourth-order valence-electron chi connectivity index (χ4n) is 3.06. The van der Waals surface area contributed by atoms with E-state index in [0.717, 1.165) is 31.2 Å². The molecule has 1 atom stereocenters. The molecule has 1 aromatic heterocycles. The predicted octanol–water partition coefficient (Wildman–Crippen LogP) is 3.91. The van der Waals surface area contributed by atoms with Gasteiger partial charge in [0.05, 0.1) is 11.0 Å². The van der Waals surface area contributed by atoms with Crippen LogP contribution in [-0.2, 0) is 0 Å². The molecule has 1 aromatic carbocycles. The topological polar surface area (TPSA) is 93.0 Å². The van der Waals surface area contributed by atoms with Gasteiger partial charge in [-0.1, -0.05) is 43.2 Å². The number of hydrogen-bond donors (Lipinski definition) is 2. The Bertz CT molecular complexity index is 701. The van der Waals surface area contributed by atoms with Crippen LogP contribution in [0, 0.1) is 10.1 Å². The molecule has 1 aliphatic carbocycles. The molecule has 2 aromatic rings. The van der Waals surface area contributed by atoms with Gasteiger partial charge in [-0.25, -0.2) is 9.97 Å². The molecule has 1 heterocycles. The van der Waals surface area contributed by atoms with Crippen LogP contribution in [0.2, 0.25) is 0 Å². The smallest absolute Gasteiger partial charge is 0.353 e. The van der Waals surface area contributed by atoms with E-state index in [9.17, 15) is 10.1 Å². The monoisotopic (exact) mass is 327 g/mol. The minimum atomic E-state index is -0.419. The molecule has 7 heteroatoms. The van der Waals surface area contributed by atoms with E-state index in [4.69, 9.17) is 0 Å². The molecule has 3 rings (SSSR count). The first kappa shape index (κ1) is 16.2. The highest BCUT2D eigenvalue weighted by Gasteiger charge is 2.26. The van der Waals surface area contributed by atoms with Crippen LogP contribution < -0.4 is 10.6 Å². The van der Waals surface area contributed by atoms with E-state index >= 15 is 0 Å². The normalized spacial score (nSPS) is 15.9. The summed E-state index contributed by atoms with van der Waals surface area (Å²) in [5.41, 5.74) is 0.947. The quantitative estimate of drug-likeness (QED) is 0.617. The van der Waals surface area contributed by atoms with E-state index in [0.29, 0.717) is 5.82 Å². The third kappa shape index (κ3) is 3.61. The lowest BCUT2D eigenvalue weighted by Crippen LogP contribution is -2.18. The van der Waals surface area contributed by atoms with Crippen molar-refractivity contribution in [2.45, 2.75) is 44.7 Å². The fraction of sp³-hybridized carbons (Fsp3) is 0.412. The predicted molar refractivity (Wildman–Crippen MR) is 93.0 cm³/mol. The number of benzene rings is 1. The van der Waals surface area contributed by atoms with E-state index in [1.54, 1.807) is 0 Å². The summed E-state index contributed by atoms with van der Waals surface area (Å²) in [7, 11) is 0. The molecule has 1 fully saturated rings. The highest BCUT2D eigenvalue weighted by atomic mass is 16.6. The summed E-state index contributed by atoms with van der Waals surface area (Å²) in [6.45, 7) is 1.95. The van der Waals surface area contributed by atoms with Gasteiger partial charge in [-0.3, -0.25) is 10.1 Å². The lowest BCUT2D eigenvalue weighted by atomic mass is 10.1. The number of aromatic nitrogens is 2. The molecule has 7 nitrogen and oxygen atoms in total. The van der Waals surface area contributed by atoms with Crippen molar-refractivity contribution in [2.24, 2.45) is 0 Å². The second-order valence-corrected chi connectivity index (χ2v) is 6.08. The Morgan fingerprint density at radius 3 is 2.50 bits per heavy atom. The van der Waals surface area contributed by atoms with E-state index < -0.39 is 4.92 Å². The minimum absolute atomic E-state index is 0.0906. The van der Waals surface area contributed by atoms with Crippen LogP contribution >= 0.6 is 0 Å². The zero-order valence-electron chi connectivity index (χ0n) is 13.6. The van der Waals surface area contributed by atoms with Crippen molar-refractivity contribution in [1.82, 2.24) is 9.97 Å². The number of anilines is 2. The van der Waals surface area contributed by atoms with E-state index in [1.807, 2.05) is 37.3 Å².